The highest BCUT2D eigenvalue weighted by atomic mass is 32.2. The third kappa shape index (κ3) is 4.46. The second-order valence-electron chi connectivity index (χ2n) is 7.30. The molecule has 0 bridgehead atoms. The molecule has 0 atom stereocenters. The average Bonchev–Trinajstić information content (AvgIpc) is 3.38. The molecule has 1 N–H and O–H groups in total. The van der Waals surface area contributed by atoms with E-state index in [0.29, 0.717) is 30.7 Å². The maximum atomic E-state index is 12.5. The number of rotatable bonds is 7. The second-order valence-corrected chi connectivity index (χ2v) is 9.28. The summed E-state index contributed by atoms with van der Waals surface area (Å²) in [5, 5.41) is 14.6. The van der Waals surface area contributed by atoms with Gasteiger partial charge in [-0.05, 0) is 36.4 Å². The first-order valence-electron chi connectivity index (χ1n) is 10.0. The minimum absolute atomic E-state index is 0.0837. The van der Waals surface area contributed by atoms with E-state index in [2.05, 4.69) is 37.6 Å². The van der Waals surface area contributed by atoms with Crippen LogP contribution in [0, 0.1) is 0 Å². The fraction of sp³-hybridized carbons (Fsp3) is 0.381. The normalized spacial score (nSPS) is 15.6. The Morgan fingerprint density at radius 1 is 1.20 bits per heavy atom. The van der Waals surface area contributed by atoms with Crippen LogP contribution in [0.4, 0.5) is 5.69 Å². The molecule has 0 unspecified atom stereocenters. The number of hydrogen-bond donors (Lipinski definition) is 1. The summed E-state index contributed by atoms with van der Waals surface area (Å²) < 4.78 is 13.5. The maximum Gasteiger partial charge on any atom is 0.234 e. The summed E-state index contributed by atoms with van der Waals surface area (Å²) in [6.07, 6.45) is 3.92. The Morgan fingerprint density at radius 3 is 2.87 bits per heavy atom. The van der Waals surface area contributed by atoms with E-state index < -0.39 is 0 Å². The van der Waals surface area contributed by atoms with E-state index in [4.69, 9.17) is 9.47 Å². The van der Waals surface area contributed by atoms with Crippen LogP contribution in [0.2, 0.25) is 0 Å². The number of ether oxygens (including phenoxy) is 2. The summed E-state index contributed by atoms with van der Waals surface area (Å²) in [6, 6.07) is 10.1. The van der Waals surface area contributed by atoms with Crippen molar-refractivity contribution in [3.8, 4) is 11.5 Å². The van der Waals surface area contributed by atoms with Crippen LogP contribution < -0.4 is 14.8 Å². The Hall–Kier alpha value is -2.52. The largest absolute Gasteiger partial charge is 0.490 e. The van der Waals surface area contributed by atoms with Crippen molar-refractivity contribution in [3.05, 3.63) is 46.4 Å². The van der Waals surface area contributed by atoms with Gasteiger partial charge in [-0.15, -0.1) is 21.5 Å². The molecule has 7 nitrogen and oxygen atoms in total. The summed E-state index contributed by atoms with van der Waals surface area (Å²) in [4.78, 5) is 13.8. The van der Waals surface area contributed by atoms with Crippen molar-refractivity contribution in [1.82, 2.24) is 14.8 Å². The number of carbonyl (C=O) groups excluding carboxylic acids is 1. The van der Waals surface area contributed by atoms with Crippen LogP contribution in [0.3, 0.4) is 0 Å². The molecule has 2 aliphatic rings. The van der Waals surface area contributed by atoms with Crippen molar-refractivity contribution in [1.29, 1.82) is 0 Å². The molecular formula is C21H22N4O3S2. The lowest BCUT2D eigenvalue weighted by molar-refractivity contribution is -0.113. The lowest BCUT2D eigenvalue weighted by Crippen LogP contribution is -2.15. The van der Waals surface area contributed by atoms with Crippen molar-refractivity contribution in [2.75, 3.05) is 24.3 Å². The van der Waals surface area contributed by atoms with Crippen molar-refractivity contribution in [2.45, 2.75) is 36.9 Å². The standard InChI is InChI=1S/C21H22N4O3S2/c26-20(22-14-4-7-17-18(11-14)28-9-2-8-27-17)13-30-21-24-23-19(25(21)15-5-6-15)12-16-3-1-10-29-16/h1,3-4,7,10-11,15H,2,5-6,8-9,12-13H2,(H,22,26). The monoisotopic (exact) mass is 442 g/mol. The Bertz CT molecular complexity index is 1030. The van der Waals surface area contributed by atoms with Gasteiger partial charge in [0.1, 0.15) is 5.82 Å². The summed E-state index contributed by atoms with van der Waals surface area (Å²) in [5.74, 6) is 2.56. The van der Waals surface area contributed by atoms with Gasteiger partial charge in [0.15, 0.2) is 16.7 Å². The minimum atomic E-state index is -0.0837. The number of benzene rings is 1. The highest BCUT2D eigenvalue weighted by Crippen LogP contribution is 2.39. The van der Waals surface area contributed by atoms with Gasteiger partial charge >= 0.3 is 0 Å². The van der Waals surface area contributed by atoms with Crippen molar-refractivity contribution >= 4 is 34.7 Å². The summed E-state index contributed by atoms with van der Waals surface area (Å²) >= 11 is 3.16. The molecule has 0 saturated heterocycles. The van der Waals surface area contributed by atoms with E-state index in [1.807, 2.05) is 18.2 Å². The zero-order valence-electron chi connectivity index (χ0n) is 16.4. The van der Waals surface area contributed by atoms with Gasteiger partial charge in [0.25, 0.3) is 0 Å². The van der Waals surface area contributed by atoms with Crippen LogP contribution in [-0.4, -0.2) is 39.6 Å². The van der Waals surface area contributed by atoms with Crippen LogP contribution in [0.25, 0.3) is 0 Å². The lowest BCUT2D eigenvalue weighted by atomic mass is 10.2. The number of aromatic nitrogens is 3. The fourth-order valence-electron chi connectivity index (χ4n) is 3.36. The summed E-state index contributed by atoms with van der Waals surface area (Å²) in [5.41, 5.74) is 0.701. The minimum Gasteiger partial charge on any atom is -0.490 e. The molecule has 1 aliphatic heterocycles. The van der Waals surface area contributed by atoms with Crippen LogP contribution in [0.15, 0.2) is 40.9 Å². The Kier molecular flexibility index (Phi) is 5.63. The average molecular weight is 443 g/mol. The number of thioether (sulfide) groups is 1. The van der Waals surface area contributed by atoms with Gasteiger partial charge in [-0.25, -0.2) is 0 Å². The molecule has 0 radical (unpaired) electrons. The van der Waals surface area contributed by atoms with Gasteiger partial charge in [0.2, 0.25) is 5.91 Å². The topological polar surface area (TPSA) is 78.3 Å². The molecule has 156 valence electrons. The molecule has 1 aliphatic carbocycles. The van der Waals surface area contributed by atoms with Gasteiger partial charge in [0.05, 0.1) is 19.0 Å². The molecule has 1 fully saturated rings. The van der Waals surface area contributed by atoms with Crippen LogP contribution >= 0.6 is 23.1 Å². The van der Waals surface area contributed by atoms with E-state index in [9.17, 15) is 4.79 Å². The van der Waals surface area contributed by atoms with Crippen molar-refractivity contribution in [3.63, 3.8) is 0 Å². The molecule has 0 spiro atoms. The van der Waals surface area contributed by atoms with Gasteiger partial charge < -0.3 is 19.4 Å². The zero-order chi connectivity index (χ0) is 20.3. The SMILES string of the molecule is O=C(CSc1nnc(Cc2cccs2)n1C1CC1)Nc1ccc2c(c1)OCCCO2. The molecular weight excluding hydrogens is 420 g/mol. The molecule has 1 saturated carbocycles. The molecule has 3 aromatic rings. The summed E-state index contributed by atoms with van der Waals surface area (Å²) in [7, 11) is 0. The van der Waals surface area contributed by atoms with Crippen LogP contribution in [0.5, 0.6) is 11.5 Å². The highest BCUT2D eigenvalue weighted by molar-refractivity contribution is 7.99. The fourth-order valence-corrected chi connectivity index (χ4v) is 4.89. The van der Waals surface area contributed by atoms with Gasteiger partial charge in [-0.2, -0.15) is 0 Å². The quantitative estimate of drug-likeness (QED) is 0.554. The third-order valence-corrected chi connectivity index (χ3v) is 6.74. The molecule has 5 rings (SSSR count). The van der Waals surface area contributed by atoms with Gasteiger partial charge in [0, 0.05) is 35.5 Å². The van der Waals surface area contributed by atoms with E-state index in [1.165, 1.54) is 16.6 Å². The van der Waals surface area contributed by atoms with E-state index in [1.54, 1.807) is 11.3 Å². The maximum absolute atomic E-state index is 12.5. The van der Waals surface area contributed by atoms with E-state index in [0.717, 1.165) is 42.4 Å². The smallest absolute Gasteiger partial charge is 0.234 e. The van der Waals surface area contributed by atoms with Crippen LogP contribution in [0.1, 0.15) is 36.0 Å². The first-order valence-corrected chi connectivity index (χ1v) is 11.9. The molecule has 2 aromatic heterocycles. The Labute approximate surface area is 182 Å². The number of amides is 1. The lowest BCUT2D eigenvalue weighted by Gasteiger charge is -2.11. The number of anilines is 1. The number of hydrogen-bond acceptors (Lipinski definition) is 7. The van der Waals surface area contributed by atoms with Gasteiger partial charge in [-0.3, -0.25) is 4.79 Å². The van der Waals surface area contributed by atoms with Crippen molar-refractivity contribution < 1.29 is 14.3 Å². The molecule has 1 amide bonds. The predicted octanol–water partition coefficient (Wildman–Crippen LogP) is 4.16. The molecule has 30 heavy (non-hydrogen) atoms. The summed E-state index contributed by atoms with van der Waals surface area (Å²) in [6.45, 7) is 1.26. The second kappa shape index (κ2) is 8.69. The number of carbonyl (C=O) groups is 1. The number of fused-ring (bicyclic) bond motifs is 1. The van der Waals surface area contributed by atoms with E-state index >= 15 is 0 Å². The molecule has 1 aromatic carbocycles. The zero-order valence-corrected chi connectivity index (χ0v) is 18.0. The number of thiophene rings is 1. The number of nitrogens with one attached hydrogen (secondary N) is 1. The Balaban J connectivity index is 1.22. The van der Waals surface area contributed by atoms with E-state index in [-0.39, 0.29) is 11.7 Å². The van der Waals surface area contributed by atoms with Crippen LogP contribution in [-0.2, 0) is 11.2 Å². The third-order valence-electron chi connectivity index (χ3n) is 4.92. The molecule has 3 heterocycles. The van der Waals surface area contributed by atoms with Gasteiger partial charge in [-0.1, -0.05) is 17.8 Å². The predicted molar refractivity (Wildman–Crippen MR) is 117 cm³/mol. The first kappa shape index (κ1) is 19.4. The van der Waals surface area contributed by atoms with Crippen molar-refractivity contribution in [2.24, 2.45) is 0 Å². The number of nitrogens with zero attached hydrogens (tertiary/aromatic N) is 3. The molecule has 9 heteroatoms. The highest BCUT2D eigenvalue weighted by Gasteiger charge is 2.30. The first-order chi connectivity index (χ1) is 14.8. The Morgan fingerprint density at radius 2 is 2.07 bits per heavy atom.